The van der Waals surface area contributed by atoms with Crippen LogP contribution in [0.15, 0.2) is 36.4 Å². The topological polar surface area (TPSA) is 65.3 Å². The number of aryl methyl sites for hydroxylation is 1. The van der Waals surface area contributed by atoms with Crippen LogP contribution in [0.1, 0.15) is 11.3 Å². The number of non-ortho nitro benzene ring substituents is 1. The molecule has 2 rings (SSSR count). The largest absolute Gasteiger partial charge is 0.487 e. The first-order chi connectivity index (χ1) is 9.06. The number of hydrogen-bond donors (Lipinski definition) is 0. The van der Waals surface area contributed by atoms with E-state index in [0.29, 0.717) is 16.6 Å². The van der Waals surface area contributed by atoms with Crippen LogP contribution in [-0.2, 0) is 6.61 Å². The summed E-state index contributed by atoms with van der Waals surface area (Å²) in [5, 5.41) is 11.1. The molecule has 5 nitrogen and oxygen atoms in total. The van der Waals surface area contributed by atoms with Crippen molar-refractivity contribution in [3.8, 4) is 5.75 Å². The SMILES string of the molecule is Cc1ccc([N+](=O)[O-])cc1OCc1cccc(Cl)n1. The lowest BCUT2D eigenvalue weighted by atomic mass is 10.2. The number of benzene rings is 1. The van der Waals surface area contributed by atoms with Crippen molar-refractivity contribution < 1.29 is 9.66 Å². The molecule has 0 radical (unpaired) electrons. The number of hydrogen-bond acceptors (Lipinski definition) is 4. The molecule has 0 atom stereocenters. The molecule has 0 saturated carbocycles. The molecular weight excluding hydrogens is 268 g/mol. The first-order valence-electron chi connectivity index (χ1n) is 5.55. The summed E-state index contributed by atoms with van der Waals surface area (Å²) in [6, 6.07) is 9.72. The fourth-order valence-electron chi connectivity index (χ4n) is 1.54. The van der Waals surface area contributed by atoms with E-state index in [4.69, 9.17) is 16.3 Å². The highest BCUT2D eigenvalue weighted by Crippen LogP contribution is 2.24. The fourth-order valence-corrected chi connectivity index (χ4v) is 1.72. The number of halogens is 1. The quantitative estimate of drug-likeness (QED) is 0.487. The zero-order valence-electron chi connectivity index (χ0n) is 10.2. The van der Waals surface area contributed by atoms with Crippen molar-refractivity contribution in [3.63, 3.8) is 0 Å². The molecule has 0 bridgehead atoms. The number of ether oxygens (including phenoxy) is 1. The first kappa shape index (κ1) is 13.3. The molecule has 0 saturated heterocycles. The van der Waals surface area contributed by atoms with Gasteiger partial charge in [-0.2, -0.15) is 0 Å². The standard InChI is InChI=1S/C13H11ClN2O3/c1-9-5-6-11(16(17)18)7-12(9)19-8-10-3-2-4-13(14)15-10/h2-7H,8H2,1H3. The number of nitrogens with zero attached hydrogens (tertiary/aromatic N) is 2. The Morgan fingerprint density at radius 1 is 1.37 bits per heavy atom. The average molecular weight is 279 g/mol. The smallest absolute Gasteiger partial charge is 0.273 e. The molecule has 0 amide bonds. The Bertz CT molecular complexity index is 617. The maximum Gasteiger partial charge on any atom is 0.273 e. The van der Waals surface area contributed by atoms with Gasteiger partial charge in [-0.1, -0.05) is 17.7 Å². The monoisotopic (exact) mass is 278 g/mol. The van der Waals surface area contributed by atoms with Crippen LogP contribution in [0.4, 0.5) is 5.69 Å². The summed E-state index contributed by atoms with van der Waals surface area (Å²) >= 11 is 5.77. The minimum absolute atomic E-state index is 0.000321. The molecule has 1 aromatic heterocycles. The Hall–Kier alpha value is -2.14. The number of pyridine rings is 1. The van der Waals surface area contributed by atoms with E-state index < -0.39 is 4.92 Å². The summed E-state index contributed by atoms with van der Waals surface area (Å²) in [4.78, 5) is 14.3. The van der Waals surface area contributed by atoms with Gasteiger partial charge in [-0.05, 0) is 30.7 Å². The number of nitro benzene ring substituents is 1. The second kappa shape index (κ2) is 5.67. The van der Waals surface area contributed by atoms with Gasteiger partial charge in [0, 0.05) is 6.07 Å². The minimum Gasteiger partial charge on any atom is -0.487 e. The van der Waals surface area contributed by atoms with E-state index in [-0.39, 0.29) is 12.3 Å². The molecule has 0 aliphatic heterocycles. The highest BCUT2D eigenvalue weighted by Gasteiger charge is 2.09. The van der Waals surface area contributed by atoms with Crippen LogP contribution in [0.3, 0.4) is 0 Å². The van der Waals surface area contributed by atoms with Gasteiger partial charge in [-0.15, -0.1) is 0 Å². The minimum atomic E-state index is -0.454. The van der Waals surface area contributed by atoms with E-state index in [2.05, 4.69) is 4.98 Å². The van der Waals surface area contributed by atoms with Crippen molar-refractivity contribution >= 4 is 17.3 Å². The van der Waals surface area contributed by atoms with Gasteiger partial charge in [0.15, 0.2) is 0 Å². The van der Waals surface area contributed by atoms with Gasteiger partial charge in [0.05, 0.1) is 16.7 Å². The van der Waals surface area contributed by atoms with Gasteiger partial charge in [-0.25, -0.2) is 4.98 Å². The van der Waals surface area contributed by atoms with E-state index in [0.717, 1.165) is 5.56 Å². The van der Waals surface area contributed by atoms with Crippen molar-refractivity contribution in [2.75, 3.05) is 0 Å². The molecule has 19 heavy (non-hydrogen) atoms. The Kier molecular flexibility index (Phi) is 3.97. The summed E-state index contributed by atoms with van der Waals surface area (Å²) in [7, 11) is 0. The molecule has 0 spiro atoms. The molecule has 98 valence electrons. The van der Waals surface area contributed by atoms with Crippen molar-refractivity contribution in [1.82, 2.24) is 4.98 Å². The third-order valence-electron chi connectivity index (χ3n) is 2.53. The Balaban J connectivity index is 2.15. The van der Waals surface area contributed by atoms with Crippen molar-refractivity contribution in [2.45, 2.75) is 13.5 Å². The highest BCUT2D eigenvalue weighted by atomic mass is 35.5. The van der Waals surface area contributed by atoms with Gasteiger partial charge in [0.25, 0.3) is 5.69 Å². The molecule has 1 aromatic carbocycles. The van der Waals surface area contributed by atoms with Crippen molar-refractivity contribution in [2.24, 2.45) is 0 Å². The zero-order chi connectivity index (χ0) is 13.8. The van der Waals surface area contributed by atoms with E-state index in [1.165, 1.54) is 12.1 Å². The van der Waals surface area contributed by atoms with Gasteiger partial charge in [0.2, 0.25) is 0 Å². The highest BCUT2D eigenvalue weighted by molar-refractivity contribution is 6.29. The van der Waals surface area contributed by atoms with Gasteiger partial charge in [-0.3, -0.25) is 10.1 Å². The number of nitro groups is 1. The lowest BCUT2D eigenvalue weighted by Gasteiger charge is -2.08. The van der Waals surface area contributed by atoms with E-state index in [1.54, 1.807) is 24.3 Å². The Morgan fingerprint density at radius 3 is 2.84 bits per heavy atom. The third-order valence-corrected chi connectivity index (χ3v) is 2.74. The second-order valence-corrected chi connectivity index (χ2v) is 4.33. The lowest BCUT2D eigenvalue weighted by molar-refractivity contribution is -0.385. The van der Waals surface area contributed by atoms with Crippen LogP contribution < -0.4 is 4.74 Å². The van der Waals surface area contributed by atoms with Gasteiger partial charge >= 0.3 is 0 Å². The summed E-state index contributed by atoms with van der Waals surface area (Å²) in [6.07, 6.45) is 0. The molecular formula is C13H11ClN2O3. The molecule has 0 aliphatic carbocycles. The average Bonchev–Trinajstić information content (AvgIpc) is 2.37. The van der Waals surface area contributed by atoms with Gasteiger partial charge < -0.3 is 4.74 Å². The van der Waals surface area contributed by atoms with E-state index in [1.807, 2.05) is 6.92 Å². The molecule has 0 N–H and O–H groups in total. The molecule has 0 fully saturated rings. The number of aromatic nitrogens is 1. The van der Waals surface area contributed by atoms with Gasteiger partial charge in [0.1, 0.15) is 17.5 Å². The predicted octanol–water partition coefficient (Wildman–Crippen LogP) is 3.53. The Labute approximate surface area is 115 Å². The molecule has 1 heterocycles. The van der Waals surface area contributed by atoms with E-state index in [9.17, 15) is 10.1 Å². The van der Waals surface area contributed by atoms with E-state index >= 15 is 0 Å². The molecule has 6 heteroatoms. The normalized spacial score (nSPS) is 10.2. The zero-order valence-corrected chi connectivity index (χ0v) is 10.9. The maximum absolute atomic E-state index is 10.7. The molecule has 2 aromatic rings. The summed E-state index contributed by atoms with van der Waals surface area (Å²) in [5.41, 5.74) is 1.49. The summed E-state index contributed by atoms with van der Waals surface area (Å²) in [6.45, 7) is 2.03. The molecule has 0 aliphatic rings. The van der Waals surface area contributed by atoms with Crippen LogP contribution >= 0.6 is 11.6 Å². The van der Waals surface area contributed by atoms with Crippen LogP contribution in [0.5, 0.6) is 5.75 Å². The van der Waals surface area contributed by atoms with Crippen LogP contribution in [0.25, 0.3) is 0 Å². The number of rotatable bonds is 4. The van der Waals surface area contributed by atoms with Crippen LogP contribution in [-0.4, -0.2) is 9.91 Å². The van der Waals surface area contributed by atoms with Crippen LogP contribution in [0, 0.1) is 17.0 Å². The van der Waals surface area contributed by atoms with Crippen LogP contribution in [0.2, 0.25) is 5.15 Å². The fraction of sp³-hybridized carbons (Fsp3) is 0.154. The first-order valence-corrected chi connectivity index (χ1v) is 5.93. The summed E-state index contributed by atoms with van der Waals surface area (Å²) in [5.74, 6) is 0.468. The maximum atomic E-state index is 10.7. The van der Waals surface area contributed by atoms with Crippen molar-refractivity contribution in [3.05, 3.63) is 62.9 Å². The lowest BCUT2D eigenvalue weighted by Crippen LogP contribution is -2.00. The second-order valence-electron chi connectivity index (χ2n) is 3.95. The molecule has 0 unspecified atom stereocenters. The predicted molar refractivity (Wildman–Crippen MR) is 71.4 cm³/mol. The Morgan fingerprint density at radius 2 is 2.16 bits per heavy atom. The summed E-state index contributed by atoms with van der Waals surface area (Å²) < 4.78 is 5.54. The third kappa shape index (κ3) is 3.42. The van der Waals surface area contributed by atoms with Crippen molar-refractivity contribution in [1.29, 1.82) is 0 Å².